The zero-order valence-electron chi connectivity index (χ0n) is 8.08. The standard InChI is InChI=1S/C10H10N2O3/c1-6(13)9-11-10(15-12-9)7-3-2-4-8(14)5-7/h2-6,13-14H,1H3. The molecule has 2 rings (SSSR count). The Balaban J connectivity index is 2.37. The van der Waals surface area contributed by atoms with E-state index in [1.54, 1.807) is 25.1 Å². The Morgan fingerprint density at radius 2 is 2.20 bits per heavy atom. The van der Waals surface area contributed by atoms with Gasteiger partial charge in [-0.3, -0.25) is 0 Å². The van der Waals surface area contributed by atoms with Crippen molar-refractivity contribution in [3.05, 3.63) is 30.1 Å². The molecule has 78 valence electrons. The number of nitrogens with zero attached hydrogens (tertiary/aromatic N) is 2. The molecule has 0 aliphatic heterocycles. The Hall–Kier alpha value is -1.88. The van der Waals surface area contributed by atoms with E-state index < -0.39 is 6.10 Å². The predicted molar refractivity (Wildman–Crippen MR) is 52.0 cm³/mol. The van der Waals surface area contributed by atoms with E-state index in [2.05, 4.69) is 10.1 Å². The number of benzene rings is 1. The lowest BCUT2D eigenvalue weighted by atomic mass is 10.2. The molecule has 0 fully saturated rings. The van der Waals surface area contributed by atoms with Gasteiger partial charge in [-0.15, -0.1) is 0 Å². The van der Waals surface area contributed by atoms with Crippen molar-refractivity contribution < 1.29 is 14.7 Å². The van der Waals surface area contributed by atoms with Crippen molar-refractivity contribution in [3.8, 4) is 17.2 Å². The first-order valence-electron chi connectivity index (χ1n) is 4.48. The quantitative estimate of drug-likeness (QED) is 0.778. The number of aliphatic hydroxyl groups excluding tert-OH is 1. The van der Waals surface area contributed by atoms with E-state index in [1.807, 2.05) is 0 Å². The second-order valence-corrected chi connectivity index (χ2v) is 3.18. The summed E-state index contributed by atoms with van der Waals surface area (Å²) in [5, 5.41) is 22.1. The predicted octanol–water partition coefficient (Wildman–Crippen LogP) is 1.50. The second kappa shape index (κ2) is 3.70. The van der Waals surface area contributed by atoms with Crippen LogP contribution in [0, 0.1) is 0 Å². The minimum Gasteiger partial charge on any atom is -0.508 e. The number of phenols is 1. The molecule has 0 bridgehead atoms. The summed E-state index contributed by atoms with van der Waals surface area (Å²) < 4.78 is 4.93. The van der Waals surface area contributed by atoms with Gasteiger partial charge in [0.2, 0.25) is 0 Å². The summed E-state index contributed by atoms with van der Waals surface area (Å²) in [6.45, 7) is 1.55. The monoisotopic (exact) mass is 206 g/mol. The molecule has 0 saturated carbocycles. The van der Waals surface area contributed by atoms with Crippen LogP contribution in [0.5, 0.6) is 5.75 Å². The van der Waals surface area contributed by atoms with Crippen LogP contribution in [0.3, 0.4) is 0 Å². The van der Waals surface area contributed by atoms with Crippen molar-refractivity contribution in [1.29, 1.82) is 0 Å². The number of hydrogen-bond donors (Lipinski definition) is 2. The Kier molecular flexibility index (Phi) is 2.39. The second-order valence-electron chi connectivity index (χ2n) is 3.18. The molecule has 0 radical (unpaired) electrons. The van der Waals surface area contributed by atoms with Crippen molar-refractivity contribution in [1.82, 2.24) is 10.1 Å². The number of aromatic nitrogens is 2. The molecule has 5 heteroatoms. The smallest absolute Gasteiger partial charge is 0.258 e. The number of phenolic OH excluding ortho intramolecular Hbond substituents is 1. The largest absolute Gasteiger partial charge is 0.508 e. The van der Waals surface area contributed by atoms with Crippen molar-refractivity contribution in [3.63, 3.8) is 0 Å². The summed E-state index contributed by atoms with van der Waals surface area (Å²) in [5.74, 6) is 0.638. The van der Waals surface area contributed by atoms with Crippen LogP contribution < -0.4 is 0 Å². The van der Waals surface area contributed by atoms with Gasteiger partial charge in [0.15, 0.2) is 5.82 Å². The third kappa shape index (κ3) is 1.97. The van der Waals surface area contributed by atoms with Gasteiger partial charge in [0.05, 0.1) is 0 Å². The van der Waals surface area contributed by atoms with Crippen LogP contribution in [-0.4, -0.2) is 20.4 Å². The van der Waals surface area contributed by atoms with Crippen molar-refractivity contribution in [2.24, 2.45) is 0 Å². The maximum atomic E-state index is 9.25. The third-order valence-electron chi connectivity index (χ3n) is 1.91. The van der Waals surface area contributed by atoms with E-state index in [9.17, 15) is 10.2 Å². The van der Waals surface area contributed by atoms with Crippen molar-refractivity contribution >= 4 is 0 Å². The number of rotatable bonds is 2. The van der Waals surface area contributed by atoms with Crippen LogP contribution in [0.1, 0.15) is 18.9 Å². The van der Waals surface area contributed by atoms with Crippen LogP contribution in [0.15, 0.2) is 28.8 Å². The van der Waals surface area contributed by atoms with E-state index in [1.165, 1.54) is 6.07 Å². The maximum Gasteiger partial charge on any atom is 0.258 e. The Morgan fingerprint density at radius 3 is 2.80 bits per heavy atom. The summed E-state index contributed by atoms with van der Waals surface area (Å²) in [4.78, 5) is 3.98. The van der Waals surface area contributed by atoms with Crippen LogP contribution >= 0.6 is 0 Å². The fourth-order valence-corrected chi connectivity index (χ4v) is 1.16. The normalized spacial score (nSPS) is 12.7. The van der Waals surface area contributed by atoms with Crippen molar-refractivity contribution in [2.75, 3.05) is 0 Å². The Labute approximate surface area is 86.0 Å². The van der Waals surface area contributed by atoms with Gasteiger partial charge < -0.3 is 14.7 Å². The molecular weight excluding hydrogens is 196 g/mol. The Bertz CT molecular complexity index is 465. The average molecular weight is 206 g/mol. The lowest BCUT2D eigenvalue weighted by Crippen LogP contribution is -1.92. The zero-order chi connectivity index (χ0) is 10.8. The van der Waals surface area contributed by atoms with Crippen LogP contribution in [0.2, 0.25) is 0 Å². The summed E-state index contributed by atoms with van der Waals surface area (Å²) in [6.07, 6.45) is -0.764. The fraction of sp³-hybridized carbons (Fsp3) is 0.200. The van der Waals surface area contributed by atoms with Gasteiger partial charge in [0, 0.05) is 5.56 Å². The topological polar surface area (TPSA) is 79.4 Å². The van der Waals surface area contributed by atoms with E-state index in [0.717, 1.165) is 0 Å². The van der Waals surface area contributed by atoms with Gasteiger partial charge in [0.25, 0.3) is 5.89 Å². The molecule has 1 atom stereocenters. The molecule has 1 aromatic heterocycles. The number of aromatic hydroxyl groups is 1. The van der Waals surface area contributed by atoms with Gasteiger partial charge in [-0.05, 0) is 25.1 Å². The van der Waals surface area contributed by atoms with Gasteiger partial charge in [0.1, 0.15) is 11.9 Å². The lowest BCUT2D eigenvalue weighted by Gasteiger charge is -1.94. The van der Waals surface area contributed by atoms with Gasteiger partial charge in [-0.25, -0.2) is 0 Å². The van der Waals surface area contributed by atoms with Gasteiger partial charge in [-0.2, -0.15) is 4.98 Å². The molecule has 0 amide bonds. The zero-order valence-corrected chi connectivity index (χ0v) is 8.08. The Morgan fingerprint density at radius 1 is 1.40 bits per heavy atom. The minimum atomic E-state index is -0.764. The van der Waals surface area contributed by atoms with Crippen LogP contribution in [0.4, 0.5) is 0 Å². The highest BCUT2D eigenvalue weighted by Crippen LogP contribution is 2.22. The molecule has 15 heavy (non-hydrogen) atoms. The van der Waals surface area contributed by atoms with Gasteiger partial charge >= 0.3 is 0 Å². The highest BCUT2D eigenvalue weighted by Gasteiger charge is 2.12. The molecule has 1 heterocycles. The summed E-state index contributed by atoms with van der Waals surface area (Å²) in [6, 6.07) is 6.48. The first kappa shape index (κ1) is 9.67. The molecule has 0 spiro atoms. The molecular formula is C10H10N2O3. The van der Waals surface area contributed by atoms with Crippen LogP contribution in [-0.2, 0) is 0 Å². The fourth-order valence-electron chi connectivity index (χ4n) is 1.16. The summed E-state index contributed by atoms with van der Waals surface area (Å²) in [7, 11) is 0. The molecule has 5 nitrogen and oxygen atoms in total. The van der Waals surface area contributed by atoms with Crippen LogP contribution in [0.25, 0.3) is 11.5 Å². The molecule has 1 unspecified atom stereocenters. The van der Waals surface area contributed by atoms with E-state index in [0.29, 0.717) is 5.56 Å². The van der Waals surface area contributed by atoms with Crippen molar-refractivity contribution in [2.45, 2.75) is 13.0 Å². The minimum absolute atomic E-state index is 0.129. The summed E-state index contributed by atoms with van der Waals surface area (Å²) in [5.41, 5.74) is 0.620. The number of aliphatic hydroxyl groups is 1. The van der Waals surface area contributed by atoms with Gasteiger partial charge in [-0.1, -0.05) is 11.2 Å². The van der Waals surface area contributed by atoms with E-state index in [-0.39, 0.29) is 17.5 Å². The SMILES string of the molecule is CC(O)c1noc(-c2cccc(O)c2)n1. The number of hydrogen-bond acceptors (Lipinski definition) is 5. The highest BCUT2D eigenvalue weighted by molar-refractivity contribution is 5.55. The highest BCUT2D eigenvalue weighted by atomic mass is 16.5. The average Bonchev–Trinajstić information content (AvgIpc) is 2.66. The molecule has 0 saturated heterocycles. The first-order valence-corrected chi connectivity index (χ1v) is 4.48. The third-order valence-corrected chi connectivity index (χ3v) is 1.91. The summed E-state index contributed by atoms with van der Waals surface area (Å²) >= 11 is 0. The molecule has 2 N–H and O–H groups in total. The molecule has 0 aliphatic carbocycles. The van der Waals surface area contributed by atoms with E-state index >= 15 is 0 Å². The molecule has 1 aromatic carbocycles. The molecule has 0 aliphatic rings. The van der Waals surface area contributed by atoms with E-state index in [4.69, 9.17) is 4.52 Å². The molecule has 2 aromatic rings. The lowest BCUT2D eigenvalue weighted by molar-refractivity contribution is 0.184. The maximum absolute atomic E-state index is 9.25. The first-order chi connectivity index (χ1) is 7.16.